The van der Waals surface area contributed by atoms with Crippen molar-refractivity contribution >= 4 is 56.5 Å². The van der Waals surface area contributed by atoms with Crippen LogP contribution in [0, 0.1) is 10.1 Å². The van der Waals surface area contributed by atoms with E-state index < -0.39 is 16.8 Å². The van der Waals surface area contributed by atoms with Crippen LogP contribution in [-0.2, 0) is 9.59 Å². The maximum Gasteiger partial charge on any atom is 0.328 e. The van der Waals surface area contributed by atoms with Crippen molar-refractivity contribution in [1.82, 2.24) is 9.80 Å². The summed E-state index contributed by atoms with van der Waals surface area (Å²) in [6.45, 7) is 1.08. The minimum absolute atomic E-state index is 0.0778. The van der Waals surface area contributed by atoms with Gasteiger partial charge in [-0.25, -0.2) is 4.79 Å². The van der Waals surface area contributed by atoms with Gasteiger partial charge in [0.2, 0.25) is 5.91 Å². The number of halogens is 1. The molecule has 0 bridgehead atoms. The first-order valence-corrected chi connectivity index (χ1v) is 9.33. The minimum atomic E-state index is -1.21. The van der Waals surface area contributed by atoms with Crippen molar-refractivity contribution in [2.75, 3.05) is 26.2 Å². The van der Waals surface area contributed by atoms with Crippen LogP contribution in [0.2, 0.25) is 5.02 Å². The van der Waals surface area contributed by atoms with Gasteiger partial charge in [-0.2, -0.15) is 0 Å². The maximum absolute atomic E-state index is 12.8. The molecule has 1 aromatic carbocycles. The minimum Gasteiger partial charge on any atom is -0.478 e. The number of carbonyl (C=O) groups is 3. The number of amides is 2. The molecule has 146 valence electrons. The smallest absolute Gasteiger partial charge is 0.328 e. The zero-order valence-corrected chi connectivity index (χ0v) is 15.9. The van der Waals surface area contributed by atoms with Gasteiger partial charge in [-0.15, -0.1) is 11.3 Å². The van der Waals surface area contributed by atoms with Gasteiger partial charge < -0.3 is 14.9 Å². The second-order valence-corrected chi connectivity index (χ2v) is 7.40. The molecule has 9 nitrogen and oxygen atoms in total. The predicted octanol–water partition coefficient (Wildman–Crippen LogP) is 2.39. The predicted molar refractivity (Wildman–Crippen MR) is 103 cm³/mol. The van der Waals surface area contributed by atoms with Crippen LogP contribution < -0.4 is 0 Å². The summed E-state index contributed by atoms with van der Waals surface area (Å²) < 4.78 is 0.551. The van der Waals surface area contributed by atoms with E-state index in [1.165, 1.54) is 23.1 Å². The van der Waals surface area contributed by atoms with Crippen molar-refractivity contribution in [3.8, 4) is 0 Å². The number of aliphatic carboxylic acids is 1. The molecule has 1 aliphatic heterocycles. The third-order valence-electron chi connectivity index (χ3n) is 4.27. The molecule has 1 N–H and O–H groups in total. The molecule has 0 unspecified atom stereocenters. The van der Waals surface area contributed by atoms with Crippen LogP contribution in [0.25, 0.3) is 10.1 Å². The molecule has 0 atom stereocenters. The first-order valence-electron chi connectivity index (χ1n) is 8.13. The number of rotatable bonds is 4. The average molecular weight is 424 g/mol. The summed E-state index contributed by atoms with van der Waals surface area (Å²) in [5.74, 6) is -1.94. The lowest BCUT2D eigenvalue weighted by atomic mass is 10.2. The van der Waals surface area contributed by atoms with E-state index in [0.29, 0.717) is 15.0 Å². The van der Waals surface area contributed by atoms with Gasteiger partial charge in [0.05, 0.1) is 9.95 Å². The largest absolute Gasteiger partial charge is 0.478 e. The first-order chi connectivity index (χ1) is 13.3. The Morgan fingerprint density at radius 1 is 1.14 bits per heavy atom. The van der Waals surface area contributed by atoms with Crippen molar-refractivity contribution < 1.29 is 24.4 Å². The molecule has 0 spiro atoms. The highest BCUT2D eigenvalue weighted by atomic mass is 35.5. The number of non-ortho nitro benzene ring substituents is 1. The summed E-state index contributed by atoms with van der Waals surface area (Å²) in [7, 11) is 0. The second-order valence-electron chi connectivity index (χ2n) is 5.97. The Balaban J connectivity index is 1.73. The average Bonchev–Trinajstić information content (AvgIpc) is 3.01. The van der Waals surface area contributed by atoms with Crippen molar-refractivity contribution in [3.63, 3.8) is 0 Å². The van der Waals surface area contributed by atoms with Crippen LogP contribution in [0.3, 0.4) is 0 Å². The van der Waals surface area contributed by atoms with Crippen LogP contribution in [0.1, 0.15) is 9.67 Å². The lowest BCUT2D eigenvalue weighted by Crippen LogP contribution is -2.50. The molecule has 3 rings (SSSR count). The number of hydrogen-bond donors (Lipinski definition) is 1. The lowest BCUT2D eigenvalue weighted by Gasteiger charge is -2.34. The van der Waals surface area contributed by atoms with Gasteiger partial charge in [-0.05, 0) is 6.07 Å². The number of carbonyl (C=O) groups excluding carboxylic acids is 2. The van der Waals surface area contributed by atoms with Crippen molar-refractivity contribution in [3.05, 3.63) is 50.4 Å². The molecule has 0 saturated carbocycles. The van der Waals surface area contributed by atoms with E-state index in [9.17, 15) is 24.5 Å². The van der Waals surface area contributed by atoms with E-state index in [0.717, 1.165) is 23.5 Å². The Morgan fingerprint density at radius 3 is 2.39 bits per heavy atom. The summed E-state index contributed by atoms with van der Waals surface area (Å²) in [5.41, 5.74) is -0.0778. The van der Waals surface area contributed by atoms with Gasteiger partial charge in [-0.1, -0.05) is 11.6 Å². The number of nitrogens with zero attached hydrogens (tertiary/aromatic N) is 3. The van der Waals surface area contributed by atoms with Gasteiger partial charge in [0.1, 0.15) is 4.88 Å². The number of nitro benzene ring substituents is 1. The molecule has 1 aromatic heterocycles. The van der Waals surface area contributed by atoms with Crippen LogP contribution >= 0.6 is 22.9 Å². The molecule has 1 fully saturated rings. The zero-order valence-electron chi connectivity index (χ0n) is 14.3. The third-order valence-corrected chi connectivity index (χ3v) is 5.91. The highest BCUT2D eigenvalue weighted by molar-refractivity contribution is 7.21. The monoisotopic (exact) mass is 423 g/mol. The van der Waals surface area contributed by atoms with E-state index >= 15 is 0 Å². The van der Waals surface area contributed by atoms with Crippen LogP contribution in [0.5, 0.6) is 0 Å². The molecule has 2 heterocycles. The summed E-state index contributed by atoms with van der Waals surface area (Å²) in [6.07, 6.45) is 1.76. The molecule has 11 heteroatoms. The Labute approximate surface area is 167 Å². The molecule has 2 aromatic rings. The highest BCUT2D eigenvalue weighted by Crippen LogP contribution is 2.37. The maximum atomic E-state index is 12.8. The fourth-order valence-electron chi connectivity index (χ4n) is 2.83. The number of fused-ring (bicyclic) bond motifs is 1. The fourth-order valence-corrected chi connectivity index (χ4v) is 4.34. The molecule has 1 saturated heterocycles. The van der Waals surface area contributed by atoms with Crippen molar-refractivity contribution in [1.29, 1.82) is 0 Å². The Hall–Kier alpha value is -2.98. The van der Waals surface area contributed by atoms with E-state index in [1.807, 2.05) is 0 Å². The molecule has 0 radical (unpaired) electrons. The van der Waals surface area contributed by atoms with E-state index in [4.69, 9.17) is 16.7 Å². The quantitative estimate of drug-likeness (QED) is 0.458. The molecular formula is C17H14ClN3O6S. The third kappa shape index (κ3) is 3.97. The molecule has 0 aliphatic carbocycles. The highest BCUT2D eigenvalue weighted by Gasteiger charge is 2.27. The van der Waals surface area contributed by atoms with Crippen molar-refractivity contribution in [2.24, 2.45) is 0 Å². The number of thiophene rings is 1. The van der Waals surface area contributed by atoms with Gasteiger partial charge in [-0.3, -0.25) is 19.7 Å². The van der Waals surface area contributed by atoms with Crippen LogP contribution in [-0.4, -0.2) is 63.8 Å². The topological polar surface area (TPSA) is 121 Å². The summed E-state index contributed by atoms with van der Waals surface area (Å²) in [6, 6.07) is 4.24. The second kappa shape index (κ2) is 7.95. The Kier molecular flexibility index (Phi) is 5.61. The van der Waals surface area contributed by atoms with Gasteiger partial charge in [0.25, 0.3) is 11.6 Å². The SMILES string of the molecule is O=C(O)/C=C\C(=O)N1CCN(C(=O)c2sc3cc([N+](=O)[O-])ccc3c2Cl)CC1. The molecular weight excluding hydrogens is 410 g/mol. The standard InChI is InChI=1S/C17H14ClN3O6S/c18-15-11-2-1-10(21(26)27)9-12(11)28-16(15)17(25)20-7-5-19(6-8-20)13(22)3-4-14(23)24/h1-4,9H,5-8H2,(H,23,24)/b4-3-. The normalized spacial score (nSPS) is 14.6. The Morgan fingerprint density at radius 2 is 1.79 bits per heavy atom. The van der Waals surface area contributed by atoms with E-state index in [-0.39, 0.29) is 42.8 Å². The molecule has 2 amide bonds. The fraction of sp³-hybridized carbons (Fsp3) is 0.235. The first kappa shape index (κ1) is 19.8. The number of hydrogen-bond acceptors (Lipinski definition) is 6. The van der Waals surface area contributed by atoms with Gasteiger partial charge in [0.15, 0.2) is 0 Å². The van der Waals surface area contributed by atoms with Gasteiger partial charge in [0, 0.05) is 60.5 Å². The Bertz CT molecular complexity index is 1010. The summed E-state index contributed by atoms with van der Waals surface area (Å²) in [5, 5.41) is 20.3. The summed E-state index contributed by atoms with van der Waals surface area (Å²) >= 11 is 7.41. The number of piperazine rings is 1. The number of benzene rings is 1. The molecule has 1 aliphatic rings. The van der Waals surface area contributed by atoms with E-state index in [1.54, 1.807) is 4.90 Å². The van der Waals surface area contributed by atoms with Gasteiger partial charge >= 0.3 is 5.97 Å². The zero-order chi connectivity index (χ0) is 20.4. The lowest BCUT2D eigenvalue weighted by molar-refractivity contribution is -0.384. The van der Waals surface area contributed by atoms with Crippen LogP contribution in [0.4, 0.5) is 5.69 Å². The van der Waals surface area contributed by atoms with Crippen LogP contribution in [0.15, 0.2) is 30.4 Å². The number of nitro groups is 1. The molecule has 28 heavy (non-hydrogen) atoms. The van der Waals surface area contributed by atoms with E-state index in [2.05, 4.69) is 0 Å². The van der Waals surface area contributed by atoms with Crippen molar-refractivity contribution in [2.45, 2.75) is 0 Å². The number of carboxylic acids is 1. The number of carboxylic acid groups (broad SMARTS) is 1. The summed E-state index contributed by atoms with van der Waals surface area (Å²) in [4.78, 5) is 48.9.